The summed E-state index contributed by atoms with van der Waals surface area (Å²) in [6.07, 6.45) is -1.21. The maximum atomic E-state index is 12.5. The summed E-state index contributed by atoms with van der Waals surface area (Å²) < 4.78 is 3.41. The molecule has 2 heterocycles. The van der Waals surface area contributed by atoms with E-state index in [4.69, 9.17) is 4.74 Å². The van der Waals surface area contributed by atoms with Gasteiger partial charge in [-0.3, -0.25) is 19.3 Å². The zero-order valence-electron chi connectivity index (χ0n) is 14.7. The average molecular weight is 398 g/mol. The van der Waals surface area contributed by atoms with Crippen LogP contribution >= 0.6 is 11.8 Å². The summed E-state index contributed by atoms with van der Waals surface area (Å²) in [6.45, 7) is 5.23. The maximum absolute atomic E-state index is 12.5. The second-order valence-corrected chi connectivity index (χ2v) is 7.53. The van der Waals surface area contributed by atoms with Crippen molar-refractivity contribution in [3.05, 3.63) is 48.2 Å². The van der Waals surface area contributed by atoms with Crippen molar-refractivity contribution in [1.82, 2.24) is 10.2 Å². The first-order valence-electron chi connectivity index (χ1n) is 7.67. The van der Waals surface area contributed by atoms with E-state index in [1.165, 1.54) is 11.8 Å². The van der Waals surface area contributed by atoms with Crippen LogP contribution in [0.2, 0.25) is 0 Å². The quantitative estimate of drug-likeness (QED) is 0.298. The molecule has 3 unspecified atom stereocenters. The van der Waals surface area contributed by atoms with Crippen LogP contribution in [0.5, 0.6) is 0 Å². The fourth-order valence-corrected chi connectivity index (χ4v) is 4.38. The minimum absolute atomic E-state index is 0. The number of thioether (sulfide) groups is 1. The summed E-state index contributed by atoms with van der Waals surface area (Å²) in [5.41, 5.74) is 0.565. The molecule has 1 aromatic carbocycles. The molecule has 136 valence electrons. The van der Waals surface area contributed by atoms with Gasteiger partial charge in [0.1, 0.15) is 11.4 Å². The van der Waals surface area contributed by atoms with Crippen molar-refractivity contribution >= 4 is 36.0 Å². The van der Waals surface area contributed by atoms with Crippen LogP contribution in [0.4, 0.5) is 0 Å². The predicted octanol–water partition coefficient (Wildman–Crippen LogP) is -3.67. The van der Waals surface area contributed by atoms with Crippen molar-refractivity contribution in [2.45, 2.75) is 29.2 Å². The summed E-state index contributed by atoms with van der Waals surface area (Å²) in [5.74, 6) is -2.50. The van der Waals surface area contributed by atoms with Crippen LogP contribution in [-0.4, -0.2) is 45.3 Å². The van der Waals surface area contributed by atoms with Gasteiger partial charge in [-0.2, -0.15) is 0 Å². The third-order valence-corrected chi connectivity index (χ3v) is 6.06. The molecule has 2 fully saturated rings. The third kappa shape index (κ3) is 3.52. The number of aliphatic carboxylic acids is 1. The first kappa shape index (κ1) is 21.5. The molecule has 0 aromatic heterocycles. The zero-order valence-corrected chi connectivity index (χ0v) is 17.5. The molecule has 2 aliphatic heterocycles. The number of amides is 2. The number of nitrogens with zero attached hydrogens (tertiary/aromatic N) is 1. The van der Waals surface area contributed by atoms with Gasteiger partial charge in [-0.05, 0) is 6.92 Å². The van der Waals surface area contributed by atoms with E-state index in [9.17, 15) is 24.3 Å². The van der Waals surface area contributed by atoms with E-state index in [-0.39, 0.29) is 41.7 Å². The molecular formula is C17H15N2NaO6S. The molecule has 10 heteroatoms. The van der Waals surface area contributed by atoms with Gasteiger partial charge in [-0.25, -0.2) is 0 Å². The molecule has 0 bridgehead atoms. The van der Waals surface area contributed by atoms with Gasteiger partial charge < -0.3 is 20.0 Å². The Kier molecular flexibility index (Phi) is 6.41. The summed E-state index contributed by atoms with van der Waals surface area (Å²) >= 11 is 0.972. The Hall–Kier alpha value is -1.81. The maximum Gasteiger partial charge on any atom is 1.00 e. The molecule has 0 aliphatic carbocycles. The summed E-state index contributed by atoms with van der Waals surface area (Å²) in [6, 6.07) is 7.40. The standard InChI is InChI=1S/C17H16N2O6S.Na/c1-9-17(2,16(23)24)26-15-11(14(22)19(9)15)18-13(21)12(25-8-20)10-6-4-3-5-7-10;/h3-8,11-12,15H,1H2,2H3,(H,18,21)(H,23,24);/q;+1/p-1/t11?,12?,15-,17?;/m1./s1. The number of β-lactam (4-membered cyclic amide) rings is 1. The van der Waals surface area contributed by atoms with Crippen molar-refractivity contribution in [2.75, 3.05) is 0 Å². The normalized spacial score (nSPS) is 26.9. The van der Waals surface area contributed by atoms with E-state index in [2.05, 4.69) is 11.9 Å². The monoisotopic (exact) mass is 398 g/mol. The first-order chi connectivity index (χ1) is 12.3. The predicted molar refractivity (Wildman–Crippen MR) is 89.0 cm³/mol. The number of hydrogen-bond acceptors (Lipinski definition) is 7. The Morgan fingerprint density at radius 2 is 2.04 bits per heavy atom. The van der Waals surface area contributed by atoms with Crippen LogP contribution in [0.1, 0.15) is 18.6 Å². The van der Waals surface area contributed by atoms with Gasteiger partial charge in [0.15, 0.2) is 0 Å². The van der Waals surface area contributed by atoms with Gasteiger partial charge in [-0.1, -0.05) is 36.9 Å². The smallest absolute Gasteiger partial charge is 0.548 e. The van der Waals surface area contributed by atoms with E-state index in [0.717, 1.165) is 11.8 Å². The fraction of sp³-hybridized carbons (Fsp3) is 0.294. The molecule has 0 saturated carbocycles. The van der Waals surface area contributed by atoms with Crippen molar-refractivity contribution in [1.29, 1.82) is 0 Å². The van der Waals surface area contributed by atoms with Crippen LogP contribution < -0.4 is 40.0 Å². The van der Waals surface area contributed by atoms with Crippen LogP contribution in [-0.2, 0) is 23.9 Å². The Labute approximate surface area is 181 Å². The minimum atomic E-state index is -1.45. The molecule has 2 aliphatic rings. The number of nitrogens with one attached hydrogen (secondary N) is 1. The van der Waals surface area contributed by atoms with Crippen molar-refractivity contribution in [2.24, 2.45) is 0 Å². The van der Waals surface area contributed by atoms with Crippen LogP contribution in [0.25, 0.3) is 0 Å². The third-order valence-electron chi connectivity index (χ3n) is 4.46. The van der Waals surface area contributed by atoms with Gasteiger partial charge >= 0.3 is 29.6 Å². The van der Waals surface area contributed by atoms with E-state index < -0.39 is 40.1 Å². The molecule has 1 aromatic rings. The minimum Gasteiger partial charge on any atom is -0.548 e. The largest absolute Gasteiger partial charge is 1.00 e. The van der Waals surface area contributed by atoms with Crippen molar-refractivity contribution < 1.29 is 58.6 Å². The number of fused-ring (bicyclic) bond motifs is 1. The van der Waals surface area contributed by atoms with E-state index in [1.807, 2.05) is 0 Å². The Morgan fingerprint density at radius 1 is 1.41 bits per heavy atom. The fourth-order valence-electron chi connectivity index (χ4n) is 2.91. The topological polar surface area (TPSA) is 116 Å². The molecule has 27 heavy (non-hydrogen) atoms. The van der Waals surface area contributed by atoms with Gasteiger partial charge in [0, 0.05) is 11.3 Å². The molecule has 3 rings (SSSR count). The summed E-state index contributed by atoms with van der Waals surface area (Å²) in [4.78, 5) is 48.2. The molecule has 1 N–H and O–H groups in total. The second kappa shape index (κ2) is 8.05. The Balaban J connectivity index is 0.00000261. The Bertz CT molecular complexity index is 804. The first-order valence-corrected chi connectivity index (χ1v) is 8.55. The number of carboxylic acid groups (broad SMARTS) is 1. The summed E-state index contributed by atoms with van der Waals surface area (Å²) in [7, 11) is 0. The van der Waals surface area contributed by atoms with E-state index >= 15 is 0 Å². The number of hydrogen-bond donors (Lipinski definition) is 1. The van der Waals surface area contributed by atoms with Gasteiger partial charge in [0.2, 0.25) is 6.10 Å². The number of benzene rings is 1. The Morgan fingerprint density at radius 3 is 2.59 bits per heavy atom. The number of carbonyl (C=O) groups excluding carboxylic acids is 4. The van der Waals surface area contributed by atoms with Gasteiger partial charge in [-0.15, -0.1) is 11.8 Å². The molecular weight excluding hydrogens is 383 g/mol. The SMILES string of the molecule is C=C1N2C(=O)C(NC(=O)C(OC=O)c3ccccc3)[C@H]2SC1(C)C(=O)[O-].[Na+]. The molecule has 2 saturated heterocycles. The number of carboxylic acids is 1. The van der Waals surface area contributed by atoms with Crippen LogP contribution in [0, 0.1) is 0 Å². The summed E-state index contributed by atoms with van der Waals surface area (Å²) in [5, 5.41) is 13.3. The van der Waals surface area contributed by atoms with E-state index in [0.29, 0.717) is 5.56 Å². The molecule has 4 atom stereocenters. The van der Waals surface area contributed by atoms with Crippen molar-refractivity contribution in [3.8, 4) is 0 Å². The van der Waals surface area contributed by atoms with Crippen LogP contribution in [0.3, 0.4) is 0 Å². The zero-order chi connectivity index (χ0) is 19.1. The molecule has 2 amide bonds. The number of rotatable bonds is 6. The van der Waals surface area contributed by atoms with Gasteiger partial charge in [0.25, 0.3) is 18.3 Å². The molecule has 0 radical (unpaired) electrons. The van der Waals surface area contributed by atoms with Gasteiger partial charge in [0.05, 0.1) is 10.7 Å². The second-order valence-electron chi connectivity index (χ2n) is 5.99. The van der Waals surface area contributed by atoms with Crippen LogP contribution in [0.15, 0.2) is 42.6 Å². The van der Waals surface area contributed by atoms with E-state index in [1.54, 1.807) is 30.3 Å². The average Bonchev–Trinajstić information content (AvgIpc) is 2.87. The van der Waals surface area contributed by atoms with Crippen molar-refractivity contribution in [3.63, 3.8) is 0 Å². The molecule has 8 nitrogen and oxygen atoms in total. The number of ether oxygens (including phenoxy) is 1. The molecule has 0 spiro atoms. The number of carbonyl (C=O) groups is 4.